The lowest BCUT2D eigenvalue weighted by Gasteiger charge is -2.15. The van der Waals surface area contributed by atoms with Crippen LogP contribution in [-0.4, -0.2) is 23.7 Å². The Hall–Kier alpha value is -1.36. The van der Waals surface area contributed by atoms with Crippen LogP contribution in [0.5, 0.6) is 0 Å². The Labute approximate surface area is 89.0 Å². The average Bonchev–Trinajstić information content (AvgIpc) is 2.60. The van der Waals surface area contributed by atoms with Gasteiger partial charge in [-0.25, -0.2) is 0 Å². The van der Waals surface area contributed by atoms with E-state index in [-0.39, 0.29) is 11.9 Å². The third-order valence-electron chi connectivity index (χ3n) is 2.22. The number of nitrogens with zero attached hydrogens (tertiary/aromatic N) is 1. The van der Waals surface area contributed by atoms with Crippen LogP contribution in [0.15, 0.2) is 10.6 Å². The van der Waals surface area contributed by atoms with Crippen molar-refractivity contribution in [3.05, 3.63) is 17.5 Å². The SMILES string of the molecule is Cc1cc(C(=O)NCC(N)C(C)C)no1. The van der Waals surface area contributed by atoms with Gasteiger partial charge in [0, 0.05) is 18.7 Å². The number of aryl methyl sites for hydroxylation is 1. The van der Waals surface area contributed by atoms with E-state index in [1.165, 1.54) is 0 Å². The molecule has 0 aromatic carbocycles. The maximum absolute atomic E-state index is 11.5. The van der Waals surface area contributed by atoms with Crippen LogP contribution in [0.1, 0.15) is 30.1 Å². The summed E-state index contributed by atoms with van der Waals surface area (Å²) < 4.78 is 4.80. The topological polar surface area (TPSA) is 81.2 Å². The Morgan fingerprint density at radius 2 is 2.33 bits per heavy atom. The third kappa shape index (κ3) is 3.36. The molecule has 1 rings (SSSR count). The Kier molecular flexibility index (Phi) is 3.85. The highest BCUT2D eigenvalue weighted by atomic mass is 16.5. The highest BCUT2D eigenvalue weighted by molar-refractivity contribution is 5.92. The smallest absolute Gasteiger partial charge is 0.273 e. The van der Waals surface area contributed by atoms with E-state index in [0.717, 1.165) is 0 Å². The first kappa shape index (κ1) is 11.7. The lowest BCUT2D eigenvalue weighted by molar-refractivity contribution is 0.0940. The van der Waals surface area contributed by atoms with Crippen LogP contribution in [0.25, 0.3) is 0 Å². The van der Waals surface area contributed by atoms with Gasteiger partial charge in [0.1, 0.15) is 5.76 Å². The van der Waals surface area contributed by atoms with Gasteiger partial charge in [-0.05, 0) is 12.8 Å². The summed E-state index contributed by atoms with van der Waals surface area (Å²) in [4.78, 5) is 11.5. The molecule has 3 N–H and O–H groups in total. The van der Waals surface area contributed by atoms with Gasteiger partial charge in [0.2, 0.25) is 0 Å². The molecule has 0 bridgehead atoms. The van der Waals surface area contributed by atoms with Crippen molar-refractivity contribution in [2.24, 2.45) is 11.7 Å². The highest BCUT2D eigenvalue weighted by Crippen LogP contribution is 2.01. The molecule has 15 heavy (non-hydrogen) atoms. The van der Waals surface area contributed by atoms with Gasteiger partial charge < -0.3 is 15.6 Å². The van der Waals surface area contributed by atoms with E-state index in [0.29, 0.717) is 23.9 Å². The molecule has 0 radical (unpaired) electrons. The molecule has 1 heterocycles. The fourth-order valence-corrected chi connectivity index (χ4v) is 1.01. The summed E-state index contributed by atoms with van der Waals surface area (Å²) in [5, 5.41) is 6.32. The van der Waals surface area contributed by atoms with Gasteiger partial charge in [-0.3, -0.25) is 4.79 Å². The van der Waals surface area contributed by atoms with Crippen molar-refractivity contribution in [1.29, 1.82) is 0 Å². The maximum Gasteiger partial charge on any atom is 0.273 e. The van der Waals surface area contributed by atoms with Crippen molar-refractivity contribution < 1.29 is 9.32 Å². The first-order valence-corrected chi connectivity index (χ1v) is 4.97. The number of rotatable bonds is 4. The summed E-state index contributed by atoms with van der Waals surface area (Å²) >= 11 is 0. The van der Waals surface area contributed by atoms with Crippen LogP contribution in [0.4, 0.5) is 0 Å². The van der Waals surface area contributed by atoms with Crippen LogP contribution in [-0.2, 0) is 0 Å². The number of hydrogen-bond acceptors (Lipinski definition) is 4. The standard InChI is InChI=1S/C10H17N3O2/c1-6(2)8(11)5-12-10(14)9-4-7(3)15-13-9/h4,6,8H,5,11H2,1-3H3,(H,12,14). The van der Waals surface area contributed by atoms with Gasteiger partial charge in [-0.2, -0.15) is 0 Å². The molecule has 5 heteroatoms. The fraction of sp³-hybridized carbons (Fsp3) is 0.600. The van der Waals surface area contributed by atoms with E-state index >= 15 is 0 Å². The zero-order valence-electron chi connectivity index (χ0n) is 9.28. The van der Waals surface area contributed by atoms with Crippen LogP contribution in [0.2, 0.25) is 0 Å². The number of carbonyl (C=O) groups excluding carboxylic acids is 1. The average molecular weight is 211 g/mol. The van der Waals surface area contributed by atoms with Crippen LogP contribution < -0.4 is 11.1 Å². The lowest BCUT2D eigenvalue weighted by Crippen LogP contribution is -2.40. The van der Waals surface area contributed by atoms with E-state index in [4.69, 9.17) is 10.3 Å². The second kappa shape index (κ2) is 4.93. The monoisotopic (exact) mass is 211 g/mol. The number of amides is 1. The molecule has 0 aliphatic carbocycles. The van der Waals surface area contributed by atoms with Gasteiger partial charge in [-0.1, -0.05) is 19.0 Å². The van der Waals surface area contributed by atoms with Crippen molar-refractivity contribution in [2.45, 2.75) is 26.8 Å². The first-order chi connectivity index (χ1) is 7.00. The summed E-state index contributed by atoms with van der Waals surface area (Å²) in [6.07, 6.45) is 0. The summed E-state index contributed by atoms with van der Waals surface area (Å²) in [6.45, 7) is 6.21. The Balaban J connectivity index is 2.43. The minimum atomic E-state index is -0.247. The molecule has 0 spiro atoms. The number of carbonyl (C=O) groups is 1. The molecule has 1 unspecified atom stereocenters. The van der Waals surface area contributed by atoms with E-state index < -0.39 is 0 Å². The minimum Gasteiger partial charge on any atom is -0.361 e. The lowest BCUT2D eigenvalue weighted by atomic mass is 10.1. The largest absolute Gasteiger partial charge is 0.361 e. The van der Waals surface area contributed by atoms with Crippen LogP contribution in [0.3, 0.4) is 0 Å². The van der Waals surface area contributed by atoms with E-state index in [9.17, 15) is 4.79 Å². The summed E-state index contributed by atoms with van der Waals surface area (Å²) in [7, 11) is 0. The Bertz CT molecular complexity index is 333. The van der Waals surface area contributed by atoms with Gasteiger partial charge in [0.15, 0.2) is 5.69 Å². The van der Waals surface area contributed by atoms with Gasteiger partial charge in [0.25, 0.3) is 5.91 Å². The maximum atomic E-state index is 11.5. The van der Waals surface area contributed by atoms with Gasteiger partial charge >= 0.3 is 0 Å². The normalized spacial score (nSPS) is 12.9. The molecule has 1 aromatic heterocycles. The Morgan fingerprint density at radius 1 is 1.67 bits per heavy atom. The number of nitrogens with one attached hydrogen (secondary N) is 1. The van der Waals surface area contributed by atoms with Crippen molar-refractivity contribution >= 4 is 5.91 Å². The first-order valence-electron chi connectivity index (χ1n) is 4.97. The quantitative estimate of drug-likeness (QED) is 0.768. The van der Waals surface area contributed by atoms with Crippen molar-refractivity contribution in [1.82, 2.24) is 10.5 Å². The molecular weight excluding hydrogens is 194 g/mol. The molecule has 1 amide bonds. The summed E-state index contributed by atoms with van der Waals surface area (Å²) in [6, 6.07) is 1.55. The third-order valence-corrected chi connectivity index (χ3v) is 2.22. The fourth-order valence-electron chi connectivity index (χ4n) is 1.01. The van der Waals surface area contributed by atoms with E-state index in [1.54, 1.807) is 13.0 Å². The molecule has 0 aliphatic heterocycles. The minimum absolute atomic E-state index is 0.0399. The van der Waals surface area contributed by atoms with Gasteiger partial charge in [0.05, 0.1) is 0 Å². The molecule has 84 valence electrons. The highest BCUT2D eigenvalue weighted by Gasteiger charge is 2.13. The van der Waals surface area contributed by atoms with E-state index in [2.05, 4.69) is 10.5 Å². The molecule has 5 nitrogen and oxygen atoms in total. The Morgan fingerprint density at radius 3 is 2.80 bits per heavy atom. The number of nitrogens with two attached hydrogens (primary N) is 1. The zero-order valence-corrected chi connectivity index (χ0v) is 9.28. The summed E-state index contributed by atoms with van der Waals surface area (Å²) in [5.74, 6) is 0.709. The van der Waals surface area contributed by atoms with Crippen LogP contribution in [0, 0.1) is 12.8 Å². The van der Waals surface area contributed by atoms with Gasteiger partial charge in [-0.15, -0.1) is 0 Å². The van der Waals surface area contributed by atoms with Crippen molar-refractivity contribution in [2.75, 3.05) is 6.54 Å². The zero-order chi connectivity index (χ0) is 11.4. The molecule has 0 saturated carbocycles. The molecule has 0 saturated heterocycles. The number of hydrogen-bond donors (Lipinski definition) is 2. The van der Waals surface area contributed by atoms with Crippen LogP contribution >= 0.6 is 0 Å². The summed E-state index contributed by atoms with van der Waals surface area (Å²) in [5.41, 5.74) is 6.08. The number of aromatic nitrogens is 1. The predicted molar refractivity (Wildman–Crippen MR) is 56.4 cm³/mol. The molecule has 0 fully saturated rings. The molecular formula is C10H17N3O2. The second-order valence-corrected chi connectivity index (χ2v) is 3.94. The predicted octanol–water partition coefficient (Wildman–Crippen LogP) is 0.696. The van der Waals surface area contributed by atoms with E-state index in [1.807, 2.05) is 13.8 Å². The molecule has 1 aromatic rings. The van der Waals surface area contributed by atoms with Crippen molar-refractivity contribution in [3.8, 4) is 0 Å². The molecule has 0 aliphatic rings. The van der Waals surface area contributed by atoms with Crippen molar-refractivity contribution in [3.63, 3.8) is 0 Å². The second-order valence-electron chi connectivity index (χ2n) is 3.94. The molecule has 1 atom stereocenters.